The molecule has 3 heterocycles. The van der Waals surface area contributed by atoms with Gasteiger partial charge in [-0.1, -0.05) is 6.07 Å². The molecule has 118 valence electrons. The monoisotopic (exact) mass is 315 g/mol. The summed E-state index contributed by atoms with van der Waals surface area (Å²) in [6.45, 7) is 0. The van der Waals surface area contributed by atoms with Crippen LogP contribution in [-0.2, 0) is 13.5 Å². The predicted molar refractivity (Wildman–Crippen MR) is 95.4 cm³/mol. The van der Waals surface area contributed by atoms with E-state index < -0.39 is 0 Å². The molecule has 24 heavy (non-hydrogen) atoms. The number of anilines is 1. The maximum atomic E-state index is 6.21. The highest BCUT2D eigenvalue weighted by Gasteiger charge is 2.13. The Morgan fingerprint density at radius 3 is 2.71 bits per heavy atom. The zero-order valence-corrected chi connectivity index (χ0v) is 13.3. The Morgan fingerprint density at radius 2 is 1.96 bits per heavy atom. The van der Waals surface area contributed by atoms with Gasteiger partial charge in [-0.15, -0.1) is 0 Å². The minimum atomic E-state index is 0.672. The van der Waals surface area contributed by atoms with E-state index in [1.54, 1.807) is 12.4 Å². The summed E-state index contributed by atoms with van der Waals surface area (Å²) in [5.41, 5.74) is 10.8. The molecule has 0 radical (unpaired) electrons. The van der Waals surface area contributed by atoms with Gasteiger partial charge < -0.3 is 10.3 Å². The minimum absolute atomic E-state index is 0.672. The molecule has 0 saturated heterocycles. The molecule has 0 fully saturated rings. The molecule has 3 aromatic heterocycles. The molecule has 1 aromatic carbocycles. The lowest BCUT2D eigenvalue weighted by Gasteiger charge is -2.11. The Bertz CT molecular complexity index is 1000. The zero-order valence-electron chi connectivity index (χ0n) is 13.3. The third-order valence-electron chi connectivity index (χ3n) is 4.15. The average Bonchev–Trinajstić information content (AvgIpc) is 3.00. The number of aryl methyl sites for hydroxylation is 1. The van der Waals surface area contributed by atoms with Gasteiger partial charge >= 0.3 is 0 Å². The fourth-order valence-electron chi connectivity index (χ4n) is 2.89. The van der Waals surface area contributed by atoms with Crippen LogP contribution in [0.15, 0.2) is 61.1 Å². The van der Waals surface area contributed by atoms with Crippen molar-refractivity contribution in [3.63, 3.8) is 0 Å². The molecule has 0 amide bonds. The number of nitrogens with two attached hydrogens (primary N) is 1. The Morgan fingerprint density at radius 1 is 1.04 bits per heavy atom. The smallest absolute Gasteiger partial charge is 0.161 e. The standard InChI is InChI=1S/C19H17N5/c1-24-10-4-6-14(24)11-17-18-15(20)7-2-8-16(18)22-19(23-17)13-5-3-9-21-12-13/h2-10,12H,11,20H2,1H3. The van der Waals surface area contributed by atoms with Crippen LogP contribution < -0.4 is 5.73 Å². The first kappa shape index (κ1) is 14.4. The summed E-state index contributed by atoms with van der Waals surface area (Å²) in [5.74, 6) is 0.672. The van der Waals surface area contributed by atoms with E-state index in [9.17, 15) is 0 Å². The van der Waals surface area contributed by atoms with Crippen molar-refractivity contribution >= 4 is 16.6 Å². The number of fused-ring (bicyclic) bond motifs is 1. The van der Waals surface area contributed by atoms with E-state index in [0.717, 1.165) is 22.2 Å². The number of aromatic nitrogens is 4. The van der Waals surface area contributed by atoms with Gasteiger partial charge in [0.1, 0.15) is 0 Å². The molecule has 0 aliphatic carbocycles. The lowest BCUT2D eigenvalue weighted by atomic mass is 10.1. The maximum absolute atomic E-state index is 6.21. The van der Waals surface area contributed by atoms with Crippen LogP contribution in [0.4, 0.5) is 5.69 Å². The van der Waals surface area contributed by atoms with E-state index in [-0.39, 0.29) is 0 Å². The molecular formula is C19H17N5. The zero-order chi connectivity index (χ0) is 16.5. The third kappa shape index (κ3) is 2.50. The van der Waals surface area contributed by atoms with E-state index in [1.165, 1.54) is 5.69 Å². The lowest BCUT2D eigenvalue weighted by molar-refractivity contribution is 0.842. The molecular weight excluding hydrogens is 298 g/mol. The van der Waals surface area contributed by atoms with Crippen LogP contribution in [-0.4, -0.2) is 19.5 Å². The van der Waals surface area contributed by atoms with Crippen LogP contribution >= 0.6 is 0 Å². The molecule has 0 bridgehead atoms. The van der Waals surface area contributed by atoms with E-state index in [4.69, 9.17) is 10.7 Å². The minimum Gasteiger partial charge on any atom is -0.398 e. The highest BCUT2D eigenvalue weighted by molar-refractivity contribution is 5.93. The van der Waals surface area contributed by atoms with Gasteiger partial charge in [0, 0.05) is 54.4 Å². The molecule has 0 unspecified atom stereocenters. The van der Waals surface area contributed by atoms with Crippen LogP contribution in [0.5, 0.6) is 0 Å². The first-order valence-corrected chi connectivity index (χ1v) is 7.78. The lowest BCUT2D eigenvalue weighted by Crippen LogP contribution is -2.04. The maximum Gasteiger partial charge on any atom is 0.161 e. The average molecular weight is 315 g/mol. The predicted octanol–water partition coefficient (Wildman–Crippen LogP) is 3.20. The summed E-state index contributed by atoms with van der Waals surface area (Å²) in [5, 5.41) is 0.923. The number of nitrogens with zero attached hydrogens (tertiary/aromatic N) is 4. The van der Waals surface area contributed by atoms with Crippen molar-refractivity contribution in [1.29, 1.82) is 0 Å². The summed E-state index contributed by atoms with van der Waals surface area (Å²) in [7, 11) is 2.03. The Kier molecular flexibility index (Phi) is 3.46. The molecule has 0 aliphatic heterocycles. The van der Waals surface area contributed by atoms with Crippen molar-refractivity contribution < 1.29 is 0 Å². The fraction of sp³-hybridized carbons (Fsp3) is 0.105. The van der Waals surface area contributed by atoms with Crippen molar-refractivity contribution in [2.45, 2.75) is 6.42 Å². The van der Waals surface area contributed by atoms with Gasteiger partial charge in [-0.05, 0) is 36.4 Å². The number of nitrogen functional groups attached to an aromatic ring is 1. The van der Waals surface area contributed by atoms with Gasteiger partial charge in [0.25, 0.3) is 0 Å². The molecule has 0 saturated carbocycles. The van der Waals surface area contributed by atoms with Crippen molar-refractivity contribution in [2.24, 2.45) is 7.05 Å². The van der Waals surface area contributed by atoms with Crippen molar-refractivity contribution in [2.75, 3.05) is 5.73 Å². The Labute approximate surface area is 139 Å². The van der Waals surface area contributed by atoms with Crippen LogP contribution in [0, 0.1) is 0 Å². The highest BCUT2D eigenvalue weighted by atomic mass is 14.9. The summed E-state index contributed by atoms with van der Waals surface area (Å²) >= 11 is 0. The van der Waals surface area contributed by atoms with Gasteiger partial charge in [0.15, 0.2) is 5.82 Å². The second kappa shape index (κ2) is 5.77. The Balaban J connectivity index is 1.94. The number of hydrogen-bond acceptors (Lipinski definition) is 4. The van der Waals surface area contributed by atoms with Crippen LogP contribution in [0.3, 0.4) is 0 Å². The molecule has 0 spiro atoms. The van der Waals surface area contributed by atoms with Crippen LogP contribution in [0.2, 0.25) is 0 Å². The van der Waals surface area contributed by atoms with Gasteiger partial charge in [-0.3, -0.25) is 4.98 Å². The molecule has 2 N–H and O–H groups in total. The van der Waals surface area contributed by atoms with Gasteiger partial charge in [-0.25, -0.2) is 9.97 Å². The molecule has 4 aromatic rings. The van der Waals surface area contributed by atoms with E-state index in [0.29, 0.717) is 17.9 Å². The summed E-state index contributed by atoms with van der Waals surface area (Å²) in [6, 6.07) is 13.8. The second-order valence-electron chi connectivity index (χ2n) is 5.76. The van der Waals surface area contributed by atoms with Gasteiger partial charge in [-0.2, -0.15) is 0 Å². The molecule has 0 aliphatic rings. The van der Waals surface area contributed by atoms with Crippen LogP contribution in [0.1, 0.15) is 11.4 Å². The topological polar surface area (TPSA) is 69.6 Å². The van der Waals surface area contributed by atoms with Crippen LogP contribution in [0.25, 0.3) is 22.3 Å². The Hall–Kier alpha value is -3.21. The van der Waals surface area contributed by atoms with Gasteiger partial charge in [0.05, 0.1) is 11.2 Å². The molecule has 5 heteroatoms. The van der Waals surface area contributed by atoms with E-state index in [1.807, 2.05) is 49.6 Å². The molecule has 0 atom stereocenters. The molecule has 4 rings (SSSR count). The summed E-state index contributed by atoms with van der Waals surface area (Å²) in [4.78, 5) is 13.7. The first-order valence-electron chi connectivity index (χ1n) is 7.78. The van der Waals surface area contributed by atoms with Crippen molar-refractivity contribution in [3.8, 4) is 11.4 Å². The molecule has 5 nitrogen and oxygen atoms in total. The number of benzene rings is 1. The van der Waals surface area contributed by atoms with E-state index >= 15 is 0 Å². The quantitative estimate of drug-likeness (QED) is 0.589. The summed E-state index contributed by atoms with van der Waals surface area (Å²) in [6.07, 6.45) is 6.25. The third-order valence-corrected chi connectivity index (χ3v) is 4.15. The number of pyridine rings is 1. The normalized spacial score (nSPS) is 11.0. The number of rotatable bonds is 3. The SMILES string of the molecule is Cn1cccc1Cc1nc(-c2cccnc2)nc2cccc(N)c12. The van der Waals surface area contributed by atoms with E-state index in [2.05, 4.69) is 20.6 Å². The largest absolute Gasteiger partial charge is 0.398 e. The van der Waals surface area contributed by atoms with Gasteiger partial charge in [0.2, 0.25) is 0 Å². The van der Waals surface area contributed by atoms with Crippen molar-refractivity contribution in [1.82, 2.24) is 19.5 Å². The van der Waals surface area contributed by atoms with Crippen molar-refractivity contribution in [3.05, 3.63) is 72.4 Å². The summed E-state index contributed by atoms with van der Waals surface area (Å²) < 4.78 is 2.09. The highest BCUT2D eigenvalue weighted by Crippen LogP contribution is 2.27. The number of hydrogen-bond donors (Lipinski definition) is 1. The fourth-order valence-corrected chi connectivity index (χ4v) is 2.89. The first-order chi connectivity index (χ1) is 11.7. The second-order valence-corrected chi connectivity index (χ2v) is 5.76.